The Morgan fingerprint density at radius 2 is 2.19 bits per heavy atom. The zero-order valence-electron chi connectivity index (χ0n) is 12.3. The van der Waals surface area contributed by atoms with E-state index in [9.17, 15) is 13.2 Å². The molecule has 0 saturated carbocycles. The molecule has 0 spiro atoms. The van der Waals surface area contributed by atoms with Crippen LogP contribution < -0.4 is 15.5 Å². The molecule has 0 bridgehead atoms. The minimum atomic E-state index is -3.02. The predicted molar refractivity (Wildman–Crippen MR) is 84.5 cm³/mol. The van der Waals surface area contributed by atoms with Gasteiger partial charge in [0.2, 0.25) is 5.91 Å². The number of rotatable bonds is 4. The second-order valence-corrected chi connectivity index (χ2v) is 7.69. The molecular weight excluding hydrogens is 290 g/mol. The summed E-state index contributed by atoms with van der Waals surface area (Å²) in [5.41, 5.74) is 1.70. The molecule has 2 N–H and O–H groups in total. The molecule has 0 aliphatic carbocycles. The zero-order valence-corrected chi connectivity index (χ0v) is 13.1. The second kappa shape index (κ2) is 6.44. The maximum Gasteiger partial charge on any atom is 0.225 e. The maximum atomic E-state index is 12.0. The fourth-order valence-corrected chi connectivity index (χ4v) is 3.74. The predicted octanol–water partition coefficient (Wildman–Crippen LogP) is 0.468. The molecule has 0 radical (unpaired) electrons. The average molecular weight is 311 g/mol. The Labute approximate surface area is 125 Å². The monoisotopic (exact) mass is 311 g/mol. The number of hydrogen-bond donors (Lipinski definition) is 2. The Morgan fingerprint density at radius 3 is 2.86 bits per heavy atom. The van der Waals surface area contributed by atoms with Gasteiger partial charge in [-0.15, -0.1) is 0 Å². The first-order chi connectivity index (χ1) is 9.85. The van der Waals surface area contributed by atoms with Gasteiger partial charge in [-0.3, -0.25) is 4.79 Å². The number of hydrogen-bond acceptors (Lipinski definition) is 5. The molecule has 1 aromatic rings. The van der Waals surface area contributed by atoms with Crippen molar-refractivity contribution in [3.63, 3.8) is 0 Å². The van der Waals surface area contributed by atoms with Gasteiger partial charge in [-0.25, -0.2) is 8.42 Å². The highest BCUT2D eigenvalue weighted by molar-refractivity contribution is 7.91. The van der Waals surface area contributed by atoms with E-state index in [0.717, 1.165) is 5.69 Å². The number of nitrogens with one attached hydrogen (secondary N) is 2. The molecule has 7 heteroatoms. The van der Waals surface area contributed by atoms with Crippen LogP contribution in [0.4, 0.5) is 11.4 Å². The van der Waals surface area contributed by atoms with E-state index in [1.807, 2.05) is 43.3 Å². The van der Waals surface area contributed by atoms with Crippen molar-refractivity contribution in [2.75, 3.05) is 42.4 Å². The molecule has 1 amide bonds. The second-order valence-electron chi connectivity index (χ2n) is 5.46. The lowest BCUT2D eigenvalue weighted by atomic mass is 10.2. The van der Waals surface area contributed by atoms with E-state index in [2.05, 4.69) is 10.6 Å². The number of nitrogens with zero attached hydrogens (tertiary/aromatic N) is 1. The van der Waals surface area contributed by atoms with Gasteiger partial charge >= 0.3 is 0 Å². The number of anilines is 2. The summed E-state index contributed by atoms with van der Waals surface area (Å²) in [6, 6.07) is 7.21. The molecule has 6 nitrogen and oxygen atoms in total. The van der Waals surface area contributed by atoms with Gasteiger partial charge in [0.1, 0.15) is 0 Å². The first-order valence-corrected chi connectivity index (χ1v) is 8.69. The molecule has 1 unspecified atom stereocenters. The van der Waals surface area contributed by atoms with Crippen molar-refractivity contribution < 1.29 is 13.2 Å². The van der Waals surface area contributed by atoms with Crippen LogP contribution in [0.5, 0.6) is 0 Å². The highest BCUT2D eigenvalue weighted by Gasteiger charge is 2.25. The molecule has 1 aromatic carbocycles. The number of carbonyl (C=O) groups is 1. The summed E-state index contributed by atoms with van der Waals surface area (Å²) in [5.74, 6) is -0.00533. The van der Waals surface area contributed by atoms with Crippen molar-refractivity contribution in [1.29, 1.82) is 0 Å². The van der Waals surface area contributed by atoms with Crippen LogP contribution >= 0.6 is 0 Å². The van der Waals surface area contributed by atoms with Crippen LogP contribution in [0.15, 0.2) is 24.3 Å². The van der Waals surface area contributed by atoms with E-state index in [-0.39, 0.29) is 29.9 Å². The van der Waals surface area contributed by atoms with E-state index in [0.29, 0.717) is 12.2 Å². The number of sulfone groups is 1. The van der Waals surface area contributed by atoms with Crippen molar-refractivity contribution in [1.82, 2.24) is 5.32 Å². The third kappa shape index (κ3) is 4.71. The van der Waals surface area contributed by atoms with E-state index < -0.39 is 9.84 Å². The van der Waals surface area contributed by atoms with Gasteiger partial charge in [0.05, 0.1) is 11.5 Å². The van der Waals surface area contributed by atoms with Crippen LogP contribution in [-0.4, -0.2) is 52.5 Å². The molecule has 0 aromatic heterocycles. The fraction of sp³-hybridized carbons (Fsp3) is 0.500. The average Bonchev–Trinajstić information content (AvgIpc) is 2.37. The van der Waals surface area contributed by atoms with Gasteiger partial charge in [0.15, 0.2) is 9.84 Å². The molecular formula is C14H21N3O3S. The Kier molecular flexibility index (Phi) is 4.84. The number of benzene rings is 1. The molecule has 1 atom stereocenters. The molecule has 1 saturated heterocycles. The molecule has 1 heterocycles. The van der Waals surface area contributed by atoms with Gasteiger partial charge in [-0.2, -0.15) is 0 Å². The van der Waals surface area contributed by atoms with Crippen molar-refractivity contribution in [3.05, 3.63) is 24.3 Å². The standard InChI is InChI=1S/C14H21N3O3S/c1-17(2)13-5-3-4-11(8-13)16-14(18)9-12-10-21(19,20)7-6-15-12/h3-5,8,12,15H,6-7,9-10H2,1-2H3,(H,16,18). The van der Waals surface area contributed by atoms with Gasteiger partial charge in [0, 0.05) is 44.5 Å². The van der Waals surface area contributed by atoms with Crippen LogP contribution in [0.1, 0.15) is 6.42 Å². The highest BCUT2D eigenvalue weighted by atomic mass is 32.2. The lowest BCUT2D eigenvalue weighted by Gasteiger charge is -2.23. The smallest absolute Gasteiger partial charge is 0.225 e. The van der Waals surface area contributed by atoms with E-state index in [4.69, 9.17) is 0 Å². The summed E-state index contributed by atoms with van der Waals surface area (Å²) in [6.45, 7) is 0.413. The first-order valence-electron chi connectivity index (χ1n) is 6.87. The van der Waals surface area contributed by atoms with Crippen molar-refractivity contribution >= 4 is 27.1 Å². The van der Waals surface area contributed by atoms with Crippen LogP contribution in [0.2, 0.25) is 0 Å². The zero-order chi connectivity index (χ0) is 15.5. The van der Waals surface area contributed by atoms with E-state index >= 15 is 0 Å². The Morgan fingerprint density at radius 1 is 1.43 bits per heavy atom. The molecule has 1 fully saturated rings. The Balaban J connectivity index is 1.94. The third-order valence-corrected chi connectivity index (χ3v) is 5.12. The summed E-state index contributed by atoms with van der Waals surface area (Å²) in [7, 11) is 0.839. The highest BCUT2D eigenvalue weighted by Crippen LogP contribution is 2.17. The van der Waals surface area contributed by atoms with Crippen LogP contribution in [-0.2, 0) is 14.6 Å². The fourth-order valence-electron chi connectivity index (χ4n) is 2.30. The van der Waals surface area contributed by atoms with Gasteiger partial charge in [-0.1, -0.05) is 6.07 Å². The summed E-state index contributed by atoms with van der Waals surface area (Å²) >= 11 is 0. The minimum Gasteiger partial charge on any atom is -0.378 e. The Bertz CT molecular complexity index is 614. The topological polar surface area (TPSA) is 78.5 Å². The molecule has 1 aliphatic heterocycles. The summed E-state index contributed by atoms with van der Waals surface area (Å²) in [6.07, 6.45) is 0.158. The molecule has 1 aliphatic rings. The minimum absolute atomic E-state index is 0.0259. The third-order valence-electron chi connectivity index (χ3n) is 3.38. The number of carbonyl (C=O) groups excluding carboxylic acids is 1. The number of amides is 1. The lowest BCUT2D eigenvalue weighted by molar-refractivity contribution is -0.116. The lowest BCUT2D eigenvalue weighted by Crippen LogP contribution is -2.46. The summed E-state index contributed by atoms with van der Waals surface area (Å²) < 4.78 is 23.1. The van der Waals surface area contributed by atoms with Gasteiger partial charge in [-0.05, 0) is 18.2 Å². The molecule has 116 valence electrons. The van der Waals surface area contributed by atoms with E-state index in [1.165, 1.54) is 0 Å². The van der Waals surface area contributed by atoms with Crippen molar-refractivity contribution in [3.8, 4) is 0 Å². The van der Waals surface area contributed by atoms with E-state index in [1.54, 1.807) is 0 Å². The Hall–Kier alpha value is -1.60. The largest absolute Gasteiger partial charge is 0.378 e. The normalized spacial score (nSPS) is 20.8. The van der Waals surface area contributed by atoms with Crippen LogP contribution in [0, 0.1) is 0 Å². The summed E-state index contributed by atoms with van der Waals surface area (Å²) in [4.78, 5) is 14.0. The van der Waals surface area contributed by atoms with Crippen molar-refractivity contribution in [2.45, 2.75) is 12.5 Å². The van der Waals surface area contributed by atoms with Crippen LogP contribution in [0.25, 0.3) is 0 Å². The van der Waals surface area contributed by atoms with Gasteiger partial charge < -0.3 is 15.5 Å². The first kappa shape index (κ1) is 15.8. The van der Waals surface area contributed by atoms with Gasteiger partial charge in [0.25, 0.3) is 0 Å². The van der Waals surface area contributed by atoms with Crippen LogP contribution in [0.3, 0.4) is 0 Å². The molecule has 21 heavy (non-hydrogen) atoms. The maximum absolute atomic E-state index is 12.0. The van der Waals surface area contributed by atoms with Crippen molar-refractivity contribution in [2.24, 2.45) is 0 Å². The molecule has 2 rings (SSSR count). The quantitative estimate of drug-likeness (QED) is 0.845. The SMILES string of the molecule is CN(C)c1cccc(NC(=O)CC2CS(=O)(=O)CCN2)c1. The summed E-state index contributed by atoms with van der Waals surface area (Å²) in [5, 5.41) is 5.88.